The Morgan fingerprint density at radius 1 is 1.33 bits per heavy atom. The molecule has 1 rings (SSSR count). The van der Waals surface area contributed by atoms with E-state index in [0.717, 1.165) is 19.3 Å². The van der Waals surface area contributed by atoms with E-state index >= 15 is 0 Å². The minimum absolute atomic E-state index is 0.208. The Bertz CT molecular complexity index is 351. The maximum atomic E-state index is 10.8. The van der Waals surface area contributed by atoms with Crippen molar-refractivity contribution in [3.8, 4) is 0 Å². The van der Waals surface area contributed by atoms with E-state index in [-0.39, 0.29) is 12.3 Å². The van der Waals surface area contributed by atoms with E-state index in [4.69, 9.17) is 5.11 Å². The van der Waals surface area contributed by atoms with E-state index < -0.39 is 5.97 Å². The van der Waals surface area contributed by atoms with Gasteiger partial charge in [0.1, 0.15) is 0 Å². The van der Waals surface area contributed by atoms with Gasteiger partial charge in [0, 0.05) is 16.6 Å². The standard InChI is InChI=1S/C15H22O2S/c1-3-4-10-14(12(2)11-15(16)17)18-13-8-6-5-7-9-13/h5-9,12,14H,3-4,10-11H2,1-2H3,(H,16,17)/t12-,14-/m0/s1. The zero-order valence-electron chi connectivity index (χ0n) is 11.1. The van der Waals surface area contributed by atoms with Crippen LogP contribution in [0.1, 0.15) is 39.5 Å². The SMILES string of the molecule is CCCC[C@H](Sc1ccccc1)[C@@H](C)CC(=O)O. The molecular formula is C15H22O2S. The van der Waals surface area contributed by atoms with E-state index in [1.54, 1.807) is 0 Å². The summed E-state index contributed by atoms with van der Waals surface area (Å²) in [5.41, 5.74) is 0. The van der Waals surface area contributed by atoms with Crippen LogP contribution in [0.3, 0.4) is 0 Å². The van der Waals surface area contributed by atoms with Gasteiger partial charge < -0.3 is 5.11 Å². The third kappa shape index (κ3) is 5.58. The second-order valence-electron chi connectivity index (χ2n) is 4.69. The van der Waals surface area contributed by atoms with Crippen LogP contribution < -0.4 is 0 Å². The fraction of sp³-hybridized carbons (Fsp3) is 0.533. The van der Waals surface area contributed by atoms with Gasteiger partial charge in [-0.1, -0.05) is 44.9 Å². The zero-order valence-corrected chi connectivity index (χ0v) is 12.0. The summed E-state index contributed by atoms with van der Waals surface area (Å²) in [4.78, 5) is 12.1. The first-order chi connectivity index (χ1) is 8.63. The summed E-state index contributed by atoms with van der Waals surface area (Å²) >= 11 is 1.82. The van der Waals surface area contributed by atoms with Crippen molar-refractivity contribution < 1.29 is 9.90 Å². The highest BCUT2D eigenvalue weighted by Crippen LogP contribution is 2.32. The predicted molar refractivity (Wildman–Crippen MR) is 77.0 cm³/mol. The molecule has 18 heavy (non-hydrogen) atoms. The molecule has 0 saturated carbocycles. The minimum atomic E-state index is -0.697. The quantitative estimate of drug-likeness (QED) is 0.706. The van der Waals surface area contributed by atoms with Gasteiger partial charge in [-0.2, -0.15) is 0 Å². The van der Waals surface area contributed by atoms with E-state index in [0.29, 0.717) is 5.25 Å². The number of thioether (sulfide) groups is 1. The van der Waals surface area contributed by atoms with Crippen molar-refractivity contribution in [3.63, 3.8) is 0 Å². The molecule has 0 radical (unpaired) electrons. The molecule has 0 heterocycles. The Balaban J connectivity index is 2.62. The first kappa shape index (κ1) is 15.1. The summed E-state index contributed by atoms with van der Waals surface area (Å²) < 4.78 is 0. The summed E-state index contributed by atoms with van der Waals surface area (Å²) in [5, 5.41) is 9.31. The van der Waals surface area contributed by atoms with Crippen LogP contribution in [0.4, 0.5) is 0 Å². The fourth-order valence-electron chi connectivity index (χ4n) is 1.95. The van der Waals surface area contributed by atoms with Gasteiger partial charge in [0.25, 0.3) is 0 Å². The van der Waals surface area contributed by atoms with Crippen molar-refractivity contribution in [2.75, 3.05) is 0 Å². The second-order valence-corrected chi connectivity index (χ2v) is 6.00. The average Bonchev–Trinajstić information content (AvgIpc) is 2.34. The molecule has 0 aliphatic carbocycles. The van der Waals surface area contributed by atoms with E-state index in [1.807, 2.05) is 36.9 Å². The number of hydrogen-bond acceptors (Lipinski definition) is 2. The van der Waals surface area contributed by atoms with Gasteiger partial charge in [-0.25, -0.2) is 0 Å². The van der Waals surface area contributed by atoms with Crippen LogP contribution in [0, 0.1) is 5.92 Å². The number of aliphatic carboxylic acids is 1. The molecule has 1 N–H and O–H groups in total. The van der Waals surface area contributed by atoms with Gasteiger partial charge in [-0.3, -0.25) is 4.79 Å². The Morgan fingerprint density at radius 3 is 2.56 bits per heavy atom. The number of rotatable bonds is 8. The van der Waals surface area contributed by atoms with E-state index in [2.05, 4.69) is 19.1 Å². The topological polar surface area (TPSA) is 37.3 Å². The van der Waals surface area contributed by atoms with Crippen LogP contribution in [0.25, 0.3) is 0 Å². The van der Waals surface area contributed by atoms with Gasteiger partial charge in [-0.15, -0.1) is 11.8 Å². The Kier molecular flexibility index (Phi) is 6.88. The summed E-state index contributed by atoms with van der Waals surface area (Å²) in [6.45, 7) is 4.22. The summed E-state index contributed by atoms with van der Waals surface area (Å²) in [7, 11) is 0. The highest BCUT2D eigenvalue weighted by Gasteiger charge is 2.20. The van der Waals surface area contributed by atoms with Crippen molar-refractivity contribution in [3.05, 3.63) is 30.3 Å². The van der Waals surface area contributed by atoms with Crippen molar-refractivity contribution >= 4 is 17.7 Å². The molecule has 0 fully saturated rings. The van der Waals surface area contributed by atoms with Gasteiger partial charge >= 0.3 is 5.97 Å². The summed E-state index contributed by atoms with van der Waals surface area (Å²) in [6, 6.07) is 10.3. The van der Waals surface area contributed by atoms with Gasteiger partial charge in [0.15, 0.2) is 0 Å². The molecule has 0 aliphatic heterocycles. The summed E-state index contributed by atoms with van der Waals surface area (Å²) in [5.74, 6) is -0.489. The average molecular weight is 266 g/mol. The molecule has 0 aromatic heterocycles. The Labute approximate surface area is 114 Å². The highest BCUT2D eigenvalue weighted by atomic mass is 32.2. The highest BCUT2D eigenvalue weighted by molar-refractivity contribution is 8.00. The lowest BCUT2D eigenvalue weighted by Gasteiger charge is -2.22. The molecule has 2 atom stereocenters. The fourth-order valence-corrected chi connectivity index (χ4v) is 3.22. The zero-order chi connectivity index (χ0) is 13.4. The van der Waals surface area contributed by atoms with Crippen LogP contribution in [-0.2, 0) is 4.79 Å². The molecule has 0 unspecified atom stereocenters. The van der Waals surface area contributed by atoms with Crippen molar-refractivity contribution in [2.45, 2.75) is 49.7 Å². The minimum Gasteiger partial charge on any atom is -0.481 e. The van der Waals surface area contributed by atoms with E-state index in [9.17, 15) is 4.79 Å². The largest absolute Gasteiger partial charge is 0.481 e. The third-order valence-electron chi connectivity index (χ3n) is 3.00. The molecular weight excluding hydrogens is 244 g/mol. The lowest BCUT2D eigenvalue weighted by atomic mass is 9.99. The number of carboxylic acid groups (broad SMARTS) is 1. The lowest BCUT2D eigenvalue weighted by Crippen LogP contribution is -2.18. The first-order valence-corrected chi connectivity index (χ1v) is 7.45. The summed E-state index contributed by atoms with van der Waals surface area (Å²) in [6.07, 6.45) is 3.67. The second kappa shape index (κ2) is 8.20. The molecule has 0 spiro atoms. The Morgan fingerprint density at radius 2 is 2.00 bits per heavy atom. The van der Waals surface area contributed by atoms with Crippen LogP contribution in [-0.4, -0.2) is 16.3 Å². The third-order valence-corrected chi connectivity index (χ3v) is 4.55. The molecule has 0 amide bonds. The monoisotopic (exact) mass is 266 g/mol. The number of carbonyl (C=O) groups is 1. The maximum Gasteiger partial charge on any atom is 0.303 e. The number of hydrogen-bond donors (Lipinski definition) is 1. The normalized spacial score (nSPS) is 14.1. The van der Waals surface area contributed by atoms with Crippen LogP contribution in [0.15, 0.2) is 35.2 Å². The molecule has 1 aromatic rings. The molecule has 0 saturated heterocycles. The molecule has 1 aromatic carbocycles. The number of unbranched alkanes of at least 4 members (excludes halogenated alkanes) is 1. The molecule has 2 nitrogen and oxygen atoms in total. The van der Waals surface area contributed by atoms with Gasteiger partial charge in [0.2, 0.25) is 0 Å². The predicted octanol–water partition coefficient (Wildman–Crippen LogP) is 4.45. The number of benzene rings is 1. The maximum absolute atomic E-state index is 10.8. The molecule has 0 aliphatic rings. The van der Waals surface area contributed by atoms with Crippen molar-refractivity contribution in [2.24, 2.45) is 5.92 Å². The van der Waals surface area contributed by atoms with Crippen LogP contribution in [0.5, 0.6) is 0 Å². The lowest BCUT2D eigenvalue weighted by molar-refractivity contribution is -0.137. The number of carboxylic acids is 1. The van der Waals surface area contributed by atoms with Gasteiger partial charge in [0.05, 0.1) is 0 Å². The van der Waals surface area contributed by atoms with Crippen molar-refractivity contribution in [1.82, 2.24) is 0 Å². The van der Waals surface area contributed by atoms with Crippen LogP contribution in [0.2, 0.25) is 0 Å². The molecule has 100 valence electrons. The van der Waals surface area contributed by atoms with Crippen molar-refractivity contribution in [1.29, 1.82) is 0 Å². The van der Waals surface area contributed by atoms with Gasteiger partial charge in [-0.05, 0) is 24.5 Å². The Hall–Kier alpha value is -0.960. The molecule has 0 bridgehead atoms. The van der Waals surface area contributed by atoms with Crippen LogP contribution >= 0.6 is 11.8 Å². The smallest absolute Gasteiger partial charge is 0.303 e. The first-order valence-electron chi connectivity index (χ1n) is 6.57. The molecule has 3 heteroatoms. The van der Waals surface area contributed by atoms with E-state index in [1.165, 1.54) is 4.90 Å².